The van der Waals surface area contributed by atoms with Crippen molar-refractivity contribution in [3.8, 4) is 0 Å². The molecule has 0 bridgehead atoms. The smallest absolute Gasteiger partial charge is 1.00 e. The van der Waals surface area contributed by atoms with E-state index in [0.29, 0.717) is 0 Å². The van der Waals surface area contributed by atoms with Gasteiger partial charge in [0, 0.05) is 0 Å². The van der Waals surface area contributed by atoms with Crippen LogP contribution < -0.4 is 0 Å². The fraction of sp³-hybridized carbons (Fsp3) is 0. The molecule has 0 aliphatic carbocycles. The van der Waals surface area contributed by atoms with Crippen molar-refractivity contribution in [3.05, 3.63) is 10.1 Å². The number of hydrogen-bond acceptors (Lipinski definition) is 2. The van der Waals surface area contributed by atoms with Gasteiger partial charge in [-0.1, -0.05) is 0 Å². The second kappa shape index (κ2) is 40.6. The van der Waals surface area contributed by atoms with Gasteiger partial charge in [0.05, 0.1) is 0 Å². The van der Waals surface area contributed by atoms with Gasteiger partial charge in [0.15, 0.2) is 0 Å². The summed E-state index contributed by atoms with van der Waals surface area (Å²) in [7, 11) is 0. The second-order valence-electron chi connectivity index (χ2n) is 0.238. The van der Waals surface area contributed by atoms with Gasteiger partial charge in [-0.3, -0.25) is 0 Å². The molecule has 9 heavy (non-hydrogen) atoms. The van der Waals surface area contributed by atoms with Crippen molar-refractivity contribution < 1.29 is 35.1 Å². The molecule has 0 rings (SSSR count). The number of rotatable bonds is 0. The summed E-state index contributed by atoms with van der Waals surface area (Å²) in [5.74, 6) is 0. The predicted molar refractivity (Wildman–Crippen MR) is 31.2 cm³/mol. The van der Waals surface area contributed by atoms with Crippen molar-refractivity contribution >= 4 is 37.7 Å². The molecule has 0 atom stereocenters. The molecule has 0 unspecified atom stereocenters. The third kappa shape index (κ3) is 3670. The van der Waals surface area contributed by atoms with Gasteiger partial charge >= 0.3 is 37.7 Å². The Kier molecular flexibility index (Phi) is 266. The van der Waals surface area contributed by atoms with Crippen molar-refractivity contribution in [2.24, 2.45) is 0 Å². The summed E-state index contributed by atoms with van der Waals surface area (Å²) in [4.78, 5) is 8.36. The zero-order chi connectivity index (χ0) is 3.58. The molecular formula is H11CaNO7. The van der Waals surface area contributed by atoms with Crippen LogP contribution in [0.3, 0.4) is 0 Å². The Morgan fingerprint density at radius 1 is 1.22 bits per heavy atom. The maximum atomic E-state index is 8.36. The maximum Gasteiger partial charge on any atom is 2.00 e. The first-order valence-electron chi connectivity index (χ1n) is 0.565. The summed E-state index contributed by atoms with van der Waals surface area (Å²) in [5.41, 5.74) is 0. The molecule has 0 radical (unpaired) electrons. The molecule has 60 valence electrons. The molecule has 0 saturated carbocycles. The first-order valence-corrected chi connectivity index (χ1v) is 0.565. The molecule has 0 heterocycles. The van der Waals surface area contributed by atoms with Crippen LogP contribution in [0, 0.1) is 10.1 Å². The van der Waals surface area contributed by atoms with Gasteiger partial charge in [-0.2, -0.15) is 0 Å². The van der Waals surface area contributed by atoms with Crippen molar-refractivity contribution in [2.45, 2.75) is 0 Å². The van der Waals surface area contributed by atoms with Crippen molar-refractivity contribution in [1.29, 1.82) is 0 Å². The molecule has 9 N–H and O–H groups in total. The molecule has 0 spiro atoms. The molecule has 0 aromatic carbocycles. The van der Waals surface area contributed by atoms with Gasteiger partial charge in [-0.05, 0) is 0 Å². The van der Waals surface area contributed by atoms with Crippen LogP contribution in [0.1, 0.15) is 2.85 Å². The molecule has 0 fully saturated rings. The van der Waals surface area contributed by atoms with Crippen molar-refractivity contribution in [2.75, 3.05) is 0 Å². The molecular weight excluding hydrogens is 166 g/mol. The molecule has 9 heteroatoms. The van der Waals surface area contributed by atoms with E-state index < -0.39 is 5.09 Å². The molecule has 0 aromatic rings. The minimum Gasteiger partial charge on any atom is -1.00 e. The Morgan fingerprint density at radius 3 is 1.22 bits per heavy atom. The quantitative estimate of drug-likeness (QED) is 0.226. The van der Waals surface area contributed by atoms with Crippen LogP contribution in [0.4, 0.5) is 0 Å². The second-order valence-corrected chi connectivity index (χ2v) is 0.238. The van der Waals surface area contributed by atoms with E-state index in [2.05, 4.69) is 0 Å². The first-order chi connectivity index (χ1) is 1.73. The standard InChI is InChI=1S/Ca.HNO3.4H2O.2H/c;2-1(3)4;;;;;;/h;(H,2,3,4);4*1H2;;/q+2;;;;;;2*-1. The van der Waals surface area contributed by atoms with E-state index in [-0.39, 0.29) is 62.5 Å². The zero-order valence-corrected chi connectivity index (χ0v) is 6.63. The Balaban J connectivity index is -0.00000000214. The van der Waals surface area contributed by atoms with Crippen LogP contribution in [-0.2, 0) is 0 Å². The van der Waals surface area contributed by atoms with Crippen LogP contribution in [0.15, 0.2) is 0 Å². The average molecular weight is 177 g/mol. The van der Waals surface area contributed by atoms with E-state index in [0.717, 1.165) is 0 Å². The van der Waals surface area contributed by atoms with Crippen LogP contribution in [0.5, 0.6) is 0 Å². The third-order valence-corrected chi connectivity index (χ3v) is 0. The normalized spacial score (nSPS) is 2.67. The van der Waals surface area contributed by atoms with E-state index in [9.17, 15) is 0 Å². The SMILES string of the molecule is O.O.O.O.O=[N+]([O-])O.[Ca+2].[H-].[H-]. The fourth-order valence-electron chi connectivity index (χ4n) is 0. The Labute approximate surface area is 82.8 Å². The largest absolute Gasteiger partial charge is 2.00 e. The minimum absolute atomic E-state index is 0. The maximum absolute atomic E-state index is 8.36. The predicted octanol–water partition coefficient (Wildman–Crippen LogP) is -3.80. The van der Waals surface area contributed by atoms with Crippen LogP contribution in [-0.4, -0.2) is 69.9 Å². The summed E-state index contributed by atoms with van der Waals surface area (Å²) >= 11 is 0. The molecule has 0 aromatic heterocycles. The van der Waals surface area contributed by atoms with E-state index in [1.54, 1.807) is 0 Å². The average Bonchev–Trinajstić information content (AvgIpc) is 0.811. The van der Waals surface area contributed by atoms with Gasteiger partial charge in [0.2, 0.25) is 0 Å². The molecule has 0 amide bonds. The summed E-state index contributed by atoms with van der Waals surface area (Å²) < 4.78 is 0. The summed E-state index contributed by atoms with van der Waals surface area (Å²) in [6.45, 7) is 0. The Bertz CT molecular complexity index is 39.4. The van der Waals surface area contributed by atoms with Gasteiger partial charge in [-0.15, -0.1) is 10.1 Å². The Hall–Kier alpha value is 0.300. The van der Waals surface area contributed by atoms with E-state index in [4.69, 9.17) is 15.3 Å². The minimum atomic E-state index is -1.50. The fourth-order valence-corrected chi connectivity index (χ4v) is 0. The Morgan fingerprint density at radius 2 is 1.22 bits per heavy atom. The summed E-state index contributed by atoms with van der Waals surface area (Å²) in [6, 6.07) is 0. The van der Waals surface area contributed by atoms with E-state index in [1.807, 2.05) is 0 Å². The first kappa shape index (κ1) is 58.8. The monoisotopic (exact) mass is 177 g/mol. The third-order valence-electron chi connectivity index (χ3n) is 0. The van der Waals surface area contributed by atoms with Crippen LogP contribution in [0.2, 0.25) is 0 Å². The zero-order valence-electron chi connectivity index (χ0n) is 6.42. The van der Waals surface area contributed by atoms with Gasteiger partial charge in [0.1, 0.15) is 0 Å². The van der Waals surface area contributed by atoms with Crippen LogP contribution in [0.25, 0.3) is 0 Å². The van der Waals surface area contributed by atoms with E-state index >= 15 is 0 Å². The number of hydrogen-bond donors (Lipinski definition) is 1. The van der Waals surface area contributed by atoms with Crippen molar-refractivity contribution in [1.82, 2.24) is 0 Å². The summed E-state index contributed by atoms with van der Waals surface area (Å²) in [6.07, 6.45) is 0. The molecule has 0 aliphatic rings. The van der Waals surface area contributed by atoms with Gasteiger partial charge in [-0.25, -0.2) is 0 Å². The molecule has 8 nitrogen and oxygen atoms in total. The van der Waals surface area contributed by atoms with Crippen LogP contribution >= 0.6 is 0 Å². The number of nitrogens with zero attached hydrogens (tertiary/aromatic N) is 1. The van der Waals surface area contributed by atoms with Gasteiger partial charge < -0.3 is 30.0 Å². The van der Waals surface area contributed by atoms with Crippen molar-refractivity contribution in [3.63, 3.8) is 0 Å². The molecule has 0 saturated heterocycles. The van der Waals surface area contributed by atoms with E-state index in [1.165, 1.54) is 0 Å². The topological polar surface area (TPSA) is 189 Å². The summed E-state index contributed by atoms with van der Waals surface area (Å²) in [5, 5.41) is 13.6. The van der Waals surface area contributed by atoms with Gasteiger partial charge in [0.25, 0.3) is 5.09 Å². The molecule has 0 aliphatic heterocycles.